The molecule has 2 heterocycles. The number of amides is 1. The van der Waals surface area contributed by atoms with E-state index >= 15 is 0 Å². The molecule has 154 valence electrons. The van der Waals surface area contributed by atoms with E-state index in [0.29, 0.717) is 0 Å². The second kappa shape index (κ2) is 7.37. The van der Waals surface area contributed by atoms with Gasteiger partial charge in [-0.1, -0.05) is 12.1 Å². The molecular formula is C20H20F3N3O2S. The van der Waals surface area contributed by atoms with Gasteiger partial charge in [0.2, 0.25) is 5.91 Å². The first kappa shape index (κ1) is 19.8. The van der Waals surface area contributed by atoms with Gasteiger partial charge in [0.1, 0.15) is 5.82 Å². The smallest absolute Gasteiger partial charge is 0.422 e. The zero-order valence-electron chi connectivity index (χ0n) is 15.9. The fourth-order valence-electron chi connectivity index (χ4n) is 3.46. The van der Waals surface area contributed by atoms with Crippen molar-refractivity contribution in [1.29, 1.82) is 0 Å². The van der Waals surface area contributed by atoms with Crippen molar-refractivity contribution < 1.29 is 22.7 Å². The second-order valence-corrected chi connectivity index (χ2v) is 8.34. The molecule has 0 radical (unpaired) electrons. The Hall–Kier alpha value is -2.55. The number of halogens is 3. The van der Waals surface area contributed by atoms with Gasteiger partial charge < -0.3 is 14.6 Å². The van der Waals surface area contributed by atoms with Crippen LogP contribution in [-0.4, -0.2) is 28.2 Å². The van der Waals surface area contributed by atoms with Crippen LogP contribution in [0.1, 0.15) is 36.0 Å². The van der Waals surface area contributed by atoms with Crippen molar-refractivity contribution in [1.82, 2.24) is 14.9 Å². The highest BCUT2D eigenvalue weighted by Crippen LogP contribution is 2.48. The number of alkyl halides is 3. The van der Waals surface area contributed by atoms with Gasteiger partial charge in [0, 0.05) is 23.8 Å². The van der Waals surface area contributed by atoms with E-state index in [4.69, 9.17) is 4.74 Å². The van der Waals surface area contributed by atoms with E-state index < -0.39 is 12.8 Å². The molecule has 3 aromatic rings. The summed E-state index contributed by atoms with van der Waals surface area (Å²) in [7, 11) is 1.95. The van der Waals surface area contributed by atoms with Gasteiger partial charge in [0.25, 0.3) is 0 Å². The van der Waals surface area contributed by atoms with Crippen LogP contribution in [0.15, 0.2) is 36.4 Å². The number of imidazole rings is 1. The van der Waals surface area contributed by atoms with E-state index in [-0.39, 0.29) is 28.8 Å². The van der Waals surface area contributed by atoms with Crippen LogP contribution < -0.4 is 10.1 Å². The van der Waals surface area contributed by atoms with Gasteiger partial charge in [-0.15, -0.1) is 11.3 Å². The predicted octanol–water partition coefficient (Wildman–Crippen LogP) is 4.56. The largest absolute Gasteiger partial charge is 0.475 e. The molecule has 2 aromatic heterocycles. The molecule has 4 rings (SSSR count). The highest BCUT2D eigenvalue weighted by Gasteiger charge is 2.47. The summed E-state index contributed by atoms with van der Waals surface area (Å²) in [6.07, 6.45) is -3.64. The lowest BCUT2D eigenvalue weighted by atomic mass is 10.2. The van der Waals surface area contributed by atoms with Gasteiger partial charge in [-0.25, -0.2) is 4.98 Å². The van der Waals surface area contributed by atoms with E-state index in [1.165, 1.54) is 6.07 Å². The van der Waals surface area contributed by atoms with E-state index in [1.54, 1.807) is 6.07 Å². The van der Waals surface area contributed by atoms with Crippen LogP contribution in [0.25, 0.3) is 11.0 Å². The molecule has 1 aliphatic carbocycles. The number of para-hydroxylation sites is 2. The van der Waals surface area contributed by atoms with Crippen molar-refractivity contribution >= 4 is 28.3 Å². The normalized spacial score (nSPS) is 19.9. The maximum Gasteiger partial charge on any atom is 0.422 e. The summed E-state index contributed by atoms with van der Waals surface area (Å²) in [5.41, 5.74) is 1.95. The molecule has 5 nitrogen and oxygen atoms in total. The number of carbonyl (C=O) groups is 1. The highest BCUT2D eigenvalue weighted by molar-refractivity contribution is 7.13. The summed E-state index contributed by atoms with van der Waals surface area (Å²) in [5, 5.41) is 3.14. The van der Waals surface area contributed by atoms with Gasteiger partial charge in [0.05, 0.1) is 17.1 Å². The first-order chi connectivity index (χ1) is 13.7. The number of carbonyl (C=O) groups excluding carboxylic acids is 1. The minimum atomic E-state index is -4.37. The van der Waals surface area contributed by atoms with Gasteiger partial charge >= 0.3 is 6.18 Å². The molecule has 0 saturated heterocycles. The van der Waals surface area contributed by atoms with Crippen molar-refractivity contribution in [3.63, 3.8) is 0 Å². The minimum Gasteiger partial charge on any atom is -0.475 e. The van der Waals surface area contributed by atoms with Crippen LogP contribution in [0.4, 0.5) is 13.2 Å². The zero-order chi connectivity index (χ0) is 20.8. The maximum absolute atomic E-state index is 12.6. The molecule has 1 aliphatic rings. The summed E-state index contributed by atoms with van der Waals surface area (Å²) in [5.74, 6) is 0.765. The van der Waals surface area contributed by atoms with Gasteiger partial charge in [-0.05, 0) is 37.6 Å². The van der Waals surface area contributed by atoms with Crippen LogP contribution in [0.2, 0.25) is 0 Å². The van der Waals surface area contributed by atoms with Crippen LogP contribution in [0.5, 0.6) is 5.06 Å². The molecule has 0 spiro atoms. The average Bonchev–Trinajstić information content (AvgIpc) is 3.18. The first-order valence-electron chi connectivity index (χ1n) is 9.24. The third-order valence-corrected chi connectivity index (χ3v) is 6.23. The molecule has 3 atom stereocenters. The van der Waals surface area contributed by atoms with Crippen LogP contribution in [0.3, 0.4) is 0 Å². The van der Waals surface area contributed by atoms with Crippen LogP contribution in [0, 0.1) is 5.92 Å². The number of hydrogen-bond donors (Lipinski definition) is 1. The summed E-state index contributed by atoms with van der Waals surface area (Å²) < 4.78 is 43.6. The summed E-state index contributed by atoms with van der Waals surface area (Å²) in [4.78, 5) is 18.0. The number of nitrogens with zero attached hydrogens (tertiary/aromatic N) is 2. The highest BCUT2D eigenvalue weighted by atomic mass is 32.1. The molecular weight excluding hydrogens is 403 g/mol. The Balaban J connectivity index is 1.36. The van der Waals surface area contributed by atoms with E-state index in [9.17, 15) is 18.0 Å². The van der Waals surface area contributed by atoms with Crippen molar-refractivity contribution in [2.24, 2.45) is 13.0 Å². The number of aromatic nitrogens is 2. The molecule has 9 heteroatoms. The maximum atomic E-state index is 12.6. The molecule has 1 saturated carbocycles. The number of hydrogen-bond acceptors (Lipinski definition) is 4. The second-order valence-electron chi connectivity index (χ2n) is 7.26. The molecule has 1 fully saturated rings. The Morgan fingerprint density at radius 2 is 2.10 bits per heavy atom. The summed E-state index contributed by atoms with van der Waals surface area (Å²) in [6.45, 7) is 0.485. The van der Waals surface area contributed by atoms with Crippen molar-refractivity contribution in [2.45, 2.75) is 31.5 Å². The number of rotatable bonds is 6. The standard InChI is InChI=1S/C20H20F3N3O2S/c1-11(16-7-8-17(29-16)28-10-20(21,22)23)24-19(27)13-9-12(13)18-25-14-5-3-4-6-15(14)26(18)2/h3-8,11-13H,9-10H2,1-2H3,(H,24,27)/t11?,12-,13-/m0/s1. The number of fused-ring (bicyclic) bond motifs is 1. The number of thiophene rings is 1. The Kier molecular flexibility index (Phi) is 5.02. The van der Waals surface area contributed by atoms with Crippen molar-refractivity contribution in [3.05, 3.63) is 47.1 Å². The predicted molar refractivity (Wildman–Crippen MR) is 104 cm³/mol. The van der Waals surface area contributed by atoms with E-state index in [1.807, 2.05) is 42.8 Å². The zero-order valence-corrected chi connectivity index (χ0v) is 16.7. The average molecular weight is 423 g/mol. The molecule has 1 aromatic carbocycles. The lowest BCUT2D eigenvalue weighted by molar-refractivity contribution is -0.152. The Morgan fingerprint density at radius 3 is 2.83 bits per heavy atom. The van der Waals surface area contributed by atoms with Crippen LogP contribution >= 0.6 is 11.3 Å². The number of ether oxygens (including phenoxy) is 1. The lowest BCUT2D eigenvalue weighted by Crippen LogP contribution is -2.28. The Morgan fingerprint density at radius 1 is 1.34 bits per heavy atom. The topological polar surface area (TPSA) is 56.2 Å². The number of nitrogens with one attached hydrogen (secondary N) is 1. The Labute approximate surface area is 169 Å². The molecule has 1 unspecified atom stereocenters. The van der Waals surface area contributed by atoms with Gasteiger partial charge in [-0.2, -0.15) is 13.2 Å². The fourth-order valence-corrected chi connectivity index (χ4v) is 4.31. The SMILES string of the molecule is CC(NC(=O)[C@H]1C[C@@H]1c1nc2ccccc2n1C)c1ccc(OCC(F)(F)F)s1. The summed E-state index contributed by atoms with van der Waals surface area (Å²) >= 11 is 1.10. The quantitative estimate of drug-likeness (QED) is 0.633. The molecule has 1 amide bonds. The third-order valence-electron chi connectivity index (χ3n) is 5.05. The van der Waals surface area contributed by atoms with Crippen molar-refractivity contribution in [3.8, 4) is 5.06 Å². The summed E-state index contributed by atoms with van der Waals surface area (Å²) in [6, 6.07) is 10.7. The number of benzene rings is 1. The van der Waals surface area contributed by atoms with Crippen molar-refractivity contribution in [2.75, 3.05) is 6.61 Å². The Bertz CT molecular complexity index is 1040. The lowest BCUT2D eigenvalue weighted by Gasteiger charge is -2.12. The molecule has 29 heavy (non-hydrogen) atoms. The van der Waals surface area contributed by atoms with Gasteiger partial charge in [0.15, 0.2) is 11.7 Å². The fraction of sp³-hybridized carbons (Fsp3) is 0.400. The van der Waals surface area contributed by atoms with E-state index in [0.717, 1.165) is 39.5 Å². The first-order valence-corrected chi connectivity index (χ1v) is 10.1. The van der Waals surface area contributed by atoms with Crippen LogP contribution in [-0.2, 0) is 11.8 Å². The molecule has 0 bridgehead atoms. The molecule has 0 aliphatic heterocycles. The molecule has 1 N–H and O–H groups in total. The third kappa shape index (κ3) is 4.24. The van der Waals surface area contributed by atoms with E-state index in [2.05, 4.69) is 10.3 Å². The minimum absolute atomic E-state index is 0.0688. The monoisotopic (exact) mass is 423 g/mol. The number of aryl methyl sites for hydroxylation is 1. The van der Waals surface area contributed by atoms with Gasteiger partial charge in [-0.3, -0.25) is 4.79 Å².